The summed E-state index contributed by atoms with van der Waals surface area (Å²) in [5, 5.41) is 3.29. The zero-order valence-corrected chi connectivity index (χ0v) is 15.5. The van der Waals surface area contributed by atoms with Crippen LogP contribution in [-0.2, 0) is 9.53 Å². The number of alkyl halides is 1. The predicted molar refractivity (Wildman–Crippen MR) is 94.3 cm³/mol. The van der Waals surface area contributed by atoms with E-state index in [0.29, 0.717) is 36.5 Å². The number of rotatable bonds is 3. The van der Waals surface area contributed by atoms with Gasteiger partial charge in [-0.3, -0.25) is 4.79 Å². The van der Waals surface area contributed by atoms with Crippen LogP contribution >= 0.6 is 11.6 Å². The molecule has 2 amide bonds. The maximum Gasteiger partial charge on any atom is 0.407 e. The third-order valence-electron chi connectivity index (χ3n) is 3.91. The smallest absolute Gasteiger partial charge is 0.407 e. The Kier molecular flexibility index (Phi) is 6.27. The van der Waals surface area contributed by atoms with E-state index in [9.17, 15) is 14.0 Å². The second-order valence-corrected chi connectivity index (χ2v) is 7.60. The second-order valence-electron chi connectivity index (χ2n) is 7.16. The van der Waals surface area contributed by atoms with E-state index in [1.807, 2.05) is 0 Å². The minimum absolute atomic E-state index is 0.0764. The van der Waals surface area contributed by atoms with Crippen molar-refractivity contribution >= 4 is 23.6 Å². The van der Waals surface area contributed by atoms with Crippen LogP contribution in [0.5, 0.6) is 0 Å². The molecule has 0 aliphatic carbocycles. The Balaban J connectivity index is 1.84. The molecule has 5 nitrogen and oxygen atoms in total. The number of ether oxygens (including phenoxy) is 1. The number of nitrogens with one attached hydrogen (secondary N) is 1. The fraction of sp³-hybridized carbons (Fsp3) is 0.556. The molecular weight excluding hydrogens is 347 g/mol. The summed E-state index contributed by atoms with van der Waals surface area (Å²) in [5.41, 5.74) is -0.260. The molecular formula is C18H24ClFN2O3. The van der Waals surface area contributed by atoms with E-state index >= 15 is 0 Å². The van der Waals surface area contributed by atoms with Crippen molar-refractivity contribution in [3.63, 3.8) is 0 Å². The highest BCUT2D eigenvalue weighted by Crippen LogP contribution is 2.24. The number of hydrogen-bond acceptors (Lipinski definition) is 3. The molecule has 1 heterocycles. The SMILES string of the molecule is CC(C)(C)OC(=O)NC1CCN(C(=O)C(F)c2ccc(Cl)cc2)CC1. The van der Waals surface area contributed by atoms with E-state index in [-0.39, 0.29) is 6.04 Å². The lowest BCUT2D eigenvalue weighted by atomic mass is 10.0. The topological polar surface area (TPSA) is 58.6 Å². The number of likely N-dealkylation sites (tertiary alicyclic amines) is 1. The van der Waals surface area contributed by atoms with Gasteiger partial charge in [0.05, 0.1) is 0 Å². The number of piperidine rings is 1. The first-order valence-corrected chi connectivity index (χ1v) is 8.71. The van der Waals surface area contributed by atoms with Crippen molar-refractivity contribution in [1.29, 1.82) is 0 Å². The largest absolute Gasteiger partial charge is 0.444 e. The lowest BCUT2D eigenvalue weighted by Crippen LogP contribution is -2.48. The van der Waals surface area contributed by atoms with Crippen molar-refractivity contribution in [2.24, 2.45) is 0 Å². The molecule has 1 aromatic carbocycles. The number of alkyl carbamates (subject to hydrolysis) is 1. The van der Waals surface area contributed by atoms with Gasteiger partial charge in [-0.15, -0.1) is 0 Å². The molecule has 0 saturated carbocycles. The Morgan fingerprint density at radius 2 is 1.80 bits per heavy atom. The summed E-state index contributed by atoms with van der Waals surface area (Å²) in [4.78, 5) is 25.6. The van der Waals surface area contributed by atoms with Crippen LogP contribution in [-0.4, -0.2) is 41.6 Å². The highest BCUT2D eigenvalue weighted by Gasteiger charge is 2.30. The zero-order chi connectivity index (χ0) is 18.6. The monoisotopic (exact) mass is 370 g/mol. The van der Waals surface area contributed by atoms with Gasteiger partial charge in [0.15, 0.2) is 0 Å². The van der Waals surface area contributed by atoms with Gasteiger partial charge in [0.25, 0.3) is 5.91 Å². The first-order valence-electron chi connectivity index (χ1n) is 8.33. The van der Waals surface area contributed by atoms with E-state index < -0.39 is 23.8 Å². The van der Waals surface area contributed by atoms with Gasteiger partial charge < -0.3 is 15.0 Å². The normalized spacial score (nSPS) is 17.1. The summed E-state index contributed by atoms with van der Waals surface area (Å²) in [7, 11) is 0. The summed E-state index contributed by atoms with van der Waals surface area (Å²) in [6, 6.07) is 6.08. The maximum atomic E-state index is 14.4. The number of carbonyl (C=O) groups excluding carboxylic acids is 2. The summed E-state index contributed by atoms with van der Waals surface area (Å²) in [6.07, 6.45) is -1.04. The molecule has 25 heavy (non-hydrogen) atoms. The van der Waals surface area contributed by atoms with E-state index in [1.54, 1.807) is 32.9 Å². The predicted octanol–water partition coefficient (Wildman–Crippen LogP) is 3.87. The van der Waals surface area contributed by atoms with Crippen molar-refractivity contribution in [1.82, 2.24) is 10.2 Å². The second kappa shape index (κ2) is 8.04. The fourth-order valence-electron chi connectivity index (χ4n) is 2.65. The van der Waals surface area contributed by atoms with Gasteiger partial charge in [0, 0.05) is 24.2 Å². The van der Waals surface area contributed by atoms with Crippen molar-refractivity contribution in [3.8, 4) is 0 Å². The van der Waals surface area contributed by atoms with Crippen LogP contribution in [0.25, 0.3) is 0 Å². The van der Waals surface area contributed by atoms with Crippen LogP contribution in [0.1, 0.15) is 45.3 Å². The van der Waals surface area contributed by atoms with Crippen molar-refractivity contribution in [2.75, 3.05) is 13.1 Å². The van der Waals surface area contributed by atoms with Crippen molar-refractivity contribution in [2.45, 2.75) is 51.4 Å². The molecule has 1 unspecified atom stereocenters. The van der Waals surface area contributed by atoms with Crippen LogP contribution in [0.4, 0.5) is 9.18 Å². The van der Waals surface area contributed by atoms with Crippen LogP contribution in [0.3, 0.4) is 0 Å². The summed E-state index contributed by atoms with van der Waals surface area (Å²) in [5.74, 6) is -0.557. The zero-order valence-electron chi connectivity index (χ0n) is 14.7. The van der Waals surface area contributed by atoms with Gasteiger partial charge in [-0.2, -0.15) is 0 Å². The van der Waals surface area contributed by atoms with Gasteiger partial charge in [0.2, 0.25) is 6.17 Å². The number of carbonyl (C=O) groups is 2. The molecule has 1 fully saturated rings. The van der Waals surface area contributed by atoms with Crippen LogP contribution in [0.2, 0.25) is 5.02 Å². The number of benzene rings is 1. The summed E-state index contributed by atoms with van der Waals surface area (Å²) >= 11 is 5.78. The van der Waals surface area contributed by atoms with E-state index in [4.69, 9.17) is 16.3 Å². The fourth-order valence-corrected chi connectivity index (χ4v) is 2.78. The Morgan fingerprint density at radius 1 is 1.24 bits per heavy atom. The van der Waals surface area contributed by atoms with Gasteiger partial charge >= 0.3 is 6.09 Å². The Hall–Kier alpha value is -1.82. The molecule has 1 saturated heterocycles. The van der Waals surface area contributed by atoms with Crippen LogP contribution < -0.4 is 5.32 Å². The Labute approximate surface area is 152 Å². The van der Waals surface area contributed by atoms with Gasteiger partial charge in [-0.05, 0) is 51.3 Å². The lowest BCUT2D eigenvalue weighted by molar-refractivity contribution is -0.137. The number of hydrogen-bond donors (Lipinski definition) is 1. The molecule has 2 rings (SSSR count). The van der Waals surface area contributed by atoms with E-state index in [1.165, 1.54) is 17.0 Å². The first-order chi connectivity index (χ1) is 11.7. The molecule has 1 atom stereocenters. The average molecular weight is 371 g/mol. The Morgan fingerprint density at radius 3 is 2.32 bits per heavy atom. The number of nitrogens with zero attached hydrogens (tertiary/aromatic N) is 1. The molecule has 0 spiro atoms. The lowest BCUT2D eigenvalue weighted by Gasteiger charge is -2.33. The summed E-state index contributed by atoms with van der Waals surface area (Å²) < 4.78 is 19.6. The minimum atomic E-state index is -1.70. The molecule has 0 aromatic heterocycles. The minimum Gasteiger partial charge on any atom is -0.444 e. The molecule has 1 aromatic rings. The first kappa shape index (κ1) is 19.5. The molecule has 1 N–H and O–H groups in total. The third kappa shape index (κ3) is 5.88. The van der Waals surface area contributed by atoms with E-state index in [2.05, 4.69) is 5.32 Å². The van der Waals surface area contributed by atoms with Gasteiger partial charge in [-0.25, -0.2) is 9.18 Å². The maximum absolute atomic E-state index is 14.4. The molecule has 0 bridgehead atoms. The van der Waals surface area contributed by atoms with Gasteiger partial charge in [0.1, 0.15) is 5.60 Å². The molecule has 1 aliphatic heterocycles. The summed E-state index contributed by atoms with van der Waals surface area (Å²) in [6.45, 7) is 6.19. The van der Waals surface area contributed by atoms with Crippen molar-refractivity contribution < 1.29 is 18.7 Å². The van der Waals surface area contributed by atoms with Crippen molar-refractivity contribution in [3.05, 3.63) is 34.9 Å². The quantitative estimate of drug-likeness (QED) is 0.878. The number of halogens is 2. The standard InChI is InChI=1S/C18H24ClFN2O3/c1-18(2,3)25-17(24)21-14-8-10-22(11-9-14)16(23)15(20)12-4-6-13(19)7-5-12/h4-7,14-15H,8-11H2,1-3H3,(H,21,24). The highest BCUT2D eigenvalue weighted by molar-refractivity contribution is 6.30. The molecule has 138 valence electrons. The van der Waals surface area contributed by atoms with Crippen LogP contribution in [0, 0.1) is 0 Å². The average Bonchev–Trinajstić information content (AvgIpc) is 2.53. The Bertz CT molecular complexity index is 608. The highest BCUT2D eigenvalue weighted by atomic mass is 35.5. The molecule has 7 heteroatoms. The van der Waals surface area contributed by atoms with E-state index in [0.717, 1.165) is 0 Å². The third-order valence-corrected chi connectivity index (χ3v) is 4.16. The van der Waals surface area contributed by atoms with Gasteiger partial charge in [-0.1, -0.05) is 23.7 Å². The molecule has 1 aliphatic rings. The molecule has 0 radical (unpaired) electrons. The number of amides is 2. The van der Waals surface area contributed by atoms with Crippen LogP contribution in [0.15, 0.2) is 24.3 Å².